The lowest BCUT2D eigenvalue weighted by Gasteiger charge is -2.16. The summed E-state index contributed by atoms with van der Waals surface area (Å²) in [7, 11) is 3.81. The maximum absolute atomic E-state index is 9.87. The Hall–Kier alpha value is -2.42. The molecule has 1 aromatic heterocycles. The molecule has 1 atom stereocenters. The highest BCUT2D eigenvalue weighted by Crippen LogP contribution is 2.28. The van der Waals surface area contributed by atoms with E-state index in [1.165, 1.54) is 0 Å². The van der Waals surface area contributed by atoms with Gasteiger partial charge < -0.3 is 26.2 Å². The van der Waals surface area contributed by atoms with Crippen molar-refractivity contribution in [3.63, 3.8) is 0 Å². The van der Waals surface area contributed by atoms with E-state index >= 15 is 0 Å². The van der Waals surface area contributed by atoms with Gasteiger partial charge in [0.05, 0.1) is 15.7 Å². The van der Waals surface area contributed by atoms with E-state index in [2.05, 4.69) is 15.3 Å². The second-order valence-corrected chi connectivity index (χ2v) is 7.59. The van der Waals surface area contributed by atoms with Crippen LogP contribution in [0.1, 0.15) is 0 Å². The van der Waals surface area contributed by atoms with Crippen LogP contribution in [0, 0.1) is 0 Å². The Labute approximate surface area is 186 Å². The molecule has 0 saturated heterocycles. The number of nitrogens with one attached hydrogen (secondary N) is 1. The molecule has 3 aromatic rings. The predicted molar refractivity (Wildman–Crippen MR) is 122 cm³/mol. The molecule has 0 aliphatic heterocycles. The van der Waals surface area contributed by atoms with Crippen LogP contribution in [0.2, 0.25) is 10.0 Å². The fourth-order valence-corrected chi connectivity index (χ4v) is 2.96. The van der Waals surface area contributed by atoms with Crippen molar-refractivity contribution >= 4 is 34.8 Å². The first kappa shape index (κ1) is 23.9. The second-order valence-electron chi connectivity index (χ2n) is 6.77. The predicted octanol–water partition coefficient (Wildman–Crippen LogP) is 4.66. The number of hydrogen-bond acceptors (Lipinski definition) is 7. The second kappa shape index (κ2) is 11.1. The van der Waals surface area contributed by atoms with Gasteiger partial charge in [-0.2, -0.15) is 0 Å². The van der Waals surface area contributed by atoms with Crippen molar-refractivity contribution in [2.45, 2.75) is 6.10 Å². The Morgan fingerprint density at radius 2 is 1.80 bits per heavy atom. The van der Waals surface area contributed by atoms with Crippen LogP contribution in [-0.2, 0) is 0 Å². The van der Waals surface area contributed by atoms with E-state index in [0.29, 0.717) is 28.3 Å². The smallest absolute Gasteiger partial charge is 0.227 e. The lowest BCUT2D eigenvalue weighted by molar-refractivity contribution is 0.0831. The van der Waals surface area contributed by atoms with Gasteiger partial charge in [-0.25, -0.2) is 9.97 Å². The standard InChI is InChI=1S/C21H22Cl2N4O2.H3N/c1-27(2)12-16(28)13-29-17-6-4-15(5-7-17)25-21-24-10-9-20(26-21)14-3-8-18(22)19(23)11-14;/h3-11,16,28H,12-13H2,1-2H3,(H,24,25,26);1H3. The minimum absolute atomic E-state index is 0. The van der Waals surface area contributed by atoms with Crippen molar-refractivity contribution in [1.29, 1.82) is 0 Å². The number of anilines is 2. The van der Waals surface area contributed by atoms with E-state index in [9.17, 15) is 5.11 Å². The van der Waals surface area contributed by atoms with Crippen LogP contribution >= 0.6 is 23.2 Å². The van der Waals surface area contributed by atoms with Crippen molar-refractivity contribution < 1.29 is 9.84 Å². The SMILES string of the molecule is CN(C)CC(O)COc1ccc(Nc2nccc(-c3ccc(Cl)c(Cl)c3)n2)cc1.N. The number of aromatic nitrogens is 2. The highest BCUT2D eigenvalue weighted by atomic mass is 35.5. The van der Waals surface area contributed by atoms with Crippen molar-refractivity contribution in [2.24, 2.45) is 0 Å². The zero-order chi connectivity index (χ0) is 20.8. The van der Waals surface area contributed by atoms with Gasteiger partial charge in [0.1, 0.15) is 18.5 Å². The highest BCUT2D eigenvalue weighted by Gasteiger charge is 2.08. The van der Waals surface area contributed by atoms with Crippen LogP contribution in [0.5, 0.6) is 5.75 Å². The lowest BCUT2D eigenvalue weighted by Crippen LogP contribution is -2.30. The summed E-state index contributed by atoms with van der Waals surface area (Å²) in [4.78, 5) is 10.7. The summed E-state index contributed by atoms with van der Waals surface area (Å²) >= 11 is 12.1. The number of halogens is 2. The topological polar surface area (TPSA) is 106 Å². The molecular formula is C21H25Cl2N5O2. The summed E-state index contributed by atoms with van der Waals surface area (Å²) in [5.74, 6) is 1.14. The van der Waals surface area contributed by atoms with E-state index in [4.69, 9.17) is 27.9 Å². The Morgan fingerprint density at radius 3 is 2.47 bits per heavy atom. The molecule has 0 radical (unpaired) electrons. The molecule has 0 saturated carbocycles. The molecule has 1 heterocycles. The number of aliphatic hydroxyl groups excluding tert-OH is 1. The van der Waals surface area contributed by atoms with Gasteiger partial charge in [-0.1, -0.05) is 29.3 Å². The van der Waals surface area contributed by atoms with Gasteiger partial charge >= 0.3 is 0 Å². The van der Waals surface area contributed by atoms with E-state index in [0.717, 1.165) is 16.9 Å². The molecule has 0 bridgehead atoms. The summed E-state index contributed by atoms with van der Waals surface area (Å²) in [6.45, 7) is 0.784. The summed E-state index contributed by atoms with van der Waals surface area (Å²) in [6.07, 6.45) is 1.14. The highest BCUT2D eigenvalue weighted by molar-refractivity contribution is 6.42. The largest absolute Gasteiger partial charge is 0.491 e. The third-order valence-corrected chi connectivity index (χ3v) is 4.74. The van der Waals surface area contributed by atoms with E-state index in [-0.39, 0.29) is 12.8 Å². The number of nitrogens with zero attached hydrogens (tertiary/aromatic N) is 3. The minimum atomic E-state index is -0.541. The number of ether oxygens (including phenoxy) is 1. The molecule has 30 heavy (non-hydrogen) atoms. The lowest BCUT2D eigenvalue weighted by atomic mass is 10.1. The van der Waals surface area contributed by atoms with Crippen LogP contribution < -0.4 is 16.2 Å². The summed E-state index contributed by atoms with van der Waals surface area (Å²) in [5, 5.41) is 14.0. The zero-order valence-corrected chi connectivity index (χ0v) is 18.4. The van der Waals surface area contributed by atoms with Crippen LogP contribution in [-0.4, -0.2) is 53.3 Å². The molecule has 0 fully saturated rings. The third-order valence-electron chi connectivity index (χ3n) is 4.00. The average molecular weight is 450 g/mol. The monoisotopic (exact) mass is 449 g/mol. The van der Waals surface area contributed by atoms with E-state index < -0.39 is 6.10 Å². The summed E-state index contributed by atoms with van der Waals surface area (Å²) in [5.41, 5.74) is 2.40. The molecule has 7 nitrogen and oxygen atoms in total. The first-order chi connectivity index (χ1) is 13.9. The van der Waals surface area contributed by atoms with Gasteiger partial charge in [0, 0.05) is 24.0 Å². The first-order valence-electron chi connectivity index (χ1n) is 9.02. The maximum atomic E-state index is 9.87. The van der Waals surface area contributed by atoms with Crippen molar-refractivity contribution in [3.05, 3.63) is 64.8 Å². The Bertz CT molecular complexity index is 954. The van der Waals surface area contributed by atoms with Gasteiger partial charge in [-0.05, 0) is 56.6 Å². The molecule has 5 N–H and O–H groups in total. The molecule has 0 spiro atoms. The molecule has 2 aromatic carbocycles. The summed E-state index contributed by atoms with van der Waals surface area (Å²) in [6, 6.07) is 14.6. The minimum Gasteiger partial charge on any atom is -0.491 e. The number of benzene rings is 2. The fraction of sp³-hybridized carbons (Fsp3) is 0.238. The van der Waals surface area contributed by atoms with Gasteiger partial charge in [0.25, 0.3) is 0 Å². The fourth-order valence-electron chi connectivity index (χ4n) is 2.67. The van der Waals surface area contributed by atoms with Crippen molar-refractivity contribution in [3.8, 4) is 17.0 Å². The number of likely N-dealkylation sites (N-methyl/N-ethyl adjacent to an activating group) is 1. The maximum Gasteiger partial charge on any atom is 0.227 e. The van der Waals surface area contributed by atoms with Crippen LogP contribution in [0.25, 0.3) is 11.3 Å². The molecule has 0 aliphatic rings. The first-order valence-corrected chi connectivity index (χ1v) is 9.77. The number of aliphatic hydroxyl groups is 1. The molecule has 160 valence electrons. The van der Waals surface area contributed by atoms with E-state index in [1.807, 2.05) is 49.3 Å². The molecular weight excluding hydrogens is 425 g/mol. The molecule has 3 rings (SSSR count). The number of rotatable bonds is 8. The molecule has 9 heteroatoms. The molecule has 0 aliphatic carbocycles. The molecule has 0 amide bonds. The Kier molecular flexibility index (Phi) is 8.83. The van der Waals surface area contributed by atoms with E-state index in [1.54, 1.807) is 24.4 Å². The third kappa shape index (κ3) is 6.83. The Balaban J connectivity index is 0.00000320. The van der Waals surface area contributed by atoms with Crippen molar-refractivity contribution in [2.75, 3.05) is 32.6 Å². The Morgan fingerprint density at radius 1 is 1.07 bits per heavy atom. The normalized spacial score (nSPS) is 11.7. The van der Waals surface area contributed by atoms with Crippen LogP contribution in [0.4, 0.5) is 11.6 Å². The van der Waals surface area contributed by atoms with Crippen LogP contribution in [0.3, 0.4) is 0 Å². The van der Waals surface area contributed by atoms with Gasteiger partial charge in [-0.3, -0.25) is 0 Å². The average Bonchev–Trinajstić information content (AvgIpc) is 2.69. The number of hydrogen-bond donors (Lipinski definition) is 3. The van der Waals surface area contributed by atoms with Gasteiger partial charge in [0.2, 0.25) is 5.95 Å². The van der Waals surface area contributed by atoms with Crippen LogP contribution in [0.15, 0.2) is 54.7 Å². The zero-order valence-electron chi connectivity index (χ0n) is 16.8. The molecule has 1 unspecified atom stereocenters. The summed E-state index contributed by atoms with van der Waals surface area (Å²) < 4.78 is 5.61. The van der Waals surface area contributed by atoms with Gasteiger partial charge in [-0.15, -0.1) is 0 Å². The van der Waals surface area contributed by atoms with Gasteiger partial charge in [0.15, 0.2) is 0 Å². The quantitative estimate of drug-likeness (QED) is 0.459. The van der Waals surface area contributed by atoms with Crippen molar-refractivity contribution in [1.82, 2.24) is 21.0 Å².